The highest BCUT2D eigenvalue weighted by molar-refractivity contribution is 14.1. The van der Waals surface area contributed by atoms with Crippen molar-refractivity contribution in [3.8, 4) is 0 Å². The molecule has 0 aliphatic carbocycles. The maximum Gasteiger partial charge on any atom is 0.272 e. The monoisotopic (exact) mass is 749 g/mol. The minimum Gasteiger partial charge on any atom is -0.393 e. The predicted octanol–water partition coefficient (Wildman–Crippen LogP) is 0.961. The molecule has 0 bridgehead atoms. The number of halogens is 1. The van der Waals surface area contributed by atoms with E-state index in [1.54, 1.807) is 39.8 Å². The van der Waals surface area contributed by atoms with Gasteiger partial charge in [0.25, 0.3) is 27.4 Å². The Hall–Kier alpha value is -3.75. The summed E-state index contributed by atoms with van der Waals surface area (Å²) < 4.78 is 29.0. The van der Waals surface area contributed by atoms with Crippen molar-refractivity contribution >= 4 is 62.5 Å². The number of rotatable bonds is 14. The third-order valence-corrected chi connectivity index (χ3v) is 7.53. The summed E-state index contributed by atoms with van der Waals surface area (Å²) in [7, 11) is -1.59. The van der Waals surface area contributed by atoms with Gasteiger partial charge in [-0.15, -0.1) is 0 Å². The number of aromatic nitrogens is 1. The Bertz CT molecular complexity index is 1540. The van der Waals surface area contributed by atoms with Gasteiger partial charge in [-0.2, -0.15) is 5.06 Å². The molecule has 0 aliphatic heterocycles. The molecule has 2 rings (SSSR count). The summed E-state index contributed by atoms with van der Waals surface area (Å²) in [5.41, 5.74) is 4.34. The number of hydroxylamine groups is 4. The van der Waals surface area contributed by atoms with Crippen molar-refractivity contribution in [2.24, 2.45) is 10.9 Å². The molecule has 0 fully saturated rings. The first kappa shape index (κ1) is 36.4. The first-order valence-electron chi connectivity index (χ1n) is 13.0. The number of nitrogens with one attached hydrogen (secondary N) is 3. The van der Waals surface area contributed by atoms with Crippen molar-refractivity contribution < 1.29 is 37.3 Å². The molecule has 1 aromatic heterocycles. The van der Waals surface area contributed by atoms with Crippen LogP contribution in [-0.2, 0) is 45.3 Å². The van der Waals surface area contributed by atoms with E-state index < -0.39 is 51.4 Å². The molecule has 1 atom stereocenters. The molecule has 242 valence electrons. The van der Waals surface area contributed by atoms with Gasteiger partial charge in [-0.3, -0.25) is 33.6 Å². The number of hydrogen-bond donors (Lipinski definition) is 4. The largest absolute Gasteiger partial charge is 0.393 e. The zero-order chi connectivity index (χ0) is 33.2. The second-order valence-electron chi connectivity index (χ2n) is 10.3. The van der Waals surface area contributed by atoms with Crippen molar-refractivity contribution in [2.75, 3.05) is 25.5 Å². The Morgan fingerprint density at radius 1 is 1.25 bits per heavy atom. The number of pyridine rings is 1. The fourth-order valence-electron chi connectivity index (χ4n) is 3.56. The average molecular weight is 750 g/mol. The van der Waals surface area contributed by atoms with Crippen LogP contribution < -0.4 is 21.3 Å². The van der Waals surface area contributed by atoms with Gasteiger partial charge in [-0.1, -0.05) is 6.07 Å². The highest BCUT2D eigenvalue weighted by Crippen LogP contribution is 2.20. The number of guanidine groups is 1. The number of hydrogen-bond acceptors (Lipinski definition) is 10. The van der Waals surface area contributed by atoms with Crippen molar-refractivity contribution in [2.45, 2.75) is 57.1 Å². The number of aromatic amines is 1. The minimum atomic E-state index is -4.18. The Balaban J connectivity index is 2.23. The van der Waals surface area contributed by atoms with Crippen LogP contribution in [0.3, 0.4) is 0 Å². The maximum atomic E-state index is 13.1. The molecule has 44 heavy (non-hydrogen) atoms. The maximum absolute atomic E-state index is 13.1. The fourth-order valence-corrected chi connectivity index (χ4v) is 5.47. The van der Waals surface area contributed by atoms with E-state index >= 15 is 0 Å². The lowest BCUT2D eigenvalue weighted by Gasteiger charge is -2.25. The molecule has 0 radical (unpaired) electrons. The quantitative estimate of drug-likeness (QED) is 0.0536. The molecule has 5 N–H and O–H groups in total. The van der Waals surface area contributed by atoms with Crippen LogP contribution in [0.25, 0.3) is 0 Å². The zero-order valence-electron chi connectivity index (χ0n) is 25.0. The van der Waals surface area contributed by atoms with Crippen LogP contribution in [0, 0.1) is 10.5 Å². The van der Waals surface area contributed by atoms with E-state index in [4.69, 9.17) is 20.2 Å². The molecule has 0 aliphatic rings. The van der Waals surface area contributed by atoms with Gasteiger partial charge in [-0.05, 0) is 85.3 Å². The number of nitrogens with zero attached hydrogens (tertiary/aromatic N) is 3. The Labute approximate surface area is 268 Å². The van der Waals surface area contributed by atoms with Gasteiger partial charge in [0.05, 0.1) is 24.0 Å². The van der Waals surface area contributed by atoms with Crippen molar-refractivity contribution in [3.63, 3.8) is 0 Å². The third kappa shape index (κ3) is 11.1. The standard InChI is InChI=1S/C26H36IN7O9S/c1-16-12-17(22(23(37)29-16)32-44(39,40)19-9-7-8-18(27)14-19)13-21(36)30-20(24(38)33(5)41-6)10-11-42-31-25(28)34(15-35)43-26(2,3)4/h7-9,12,14-15,20,32H,10-11,13H2,1-6H3,(H2,28,31)(H,29,37)(H,30,36)/t20-/m0/s1. The predicted molar refractivity (Wildman–Crippen MR) is 168 cm³/mol. The normalized spacial score (nSPS) is 12.7. The van der Waals surface area contributed by atoms with E-state index in [-0.39, 0.29) is 29.2 Å². The third-order valence-electron chi connectivity index (χ3n) is 5.51. The van der Waals surface area contributed by atoms with E-state index in [9.17, 15) is 27.6 Å². The zero-order valence-corrected chi connectivity index (χ0v) is 28.0. The van der Waals surface area contributed by atoms with Crippen molar-refractivity contribution in [3.05, 3.63) is 55.5 Å². The number of sulfonamides is 1. The molecule has 3 amide bonds. The molecule has 2 aromatic rings. The average Bonchev–Trinajstić information content (AvgIpc) is 2.93. The van der Waals surface area contributed by atoms with E-state index in [2.05, 4.69) is 20.2 Å². The number of aryl methyl sites for hydroxylation is 1. The Kier molecular flexibility index (Phi) is 13.1. The van der Waals surface area contributed by atoms with E-state index in [1.165, 1.54) is 32.4 Å². The Morgan fingerprint density at radius 3 is 2.52 bits per heavy atom. The summed E-state index contributed by atoms with van der Waals surface area (Å²) >= 11 is 1.96. The van der Waals surface area contributed by atoms with Gasteiger partial charge in [-0.25, -0.2) is 13.5 Å². The highest BCUT2D eigenvalue weighted by atomic mass is 127. The molecule has 1 heterocycles. The molecule has 18 heteroatoms. The Morgan fingerprint density at radius 2 is 1.93 bits per heavy atom. The first-order valence-corrected chi connectivity index (χ1v) is 15.5. The van der Waals surface area contributed by atoms with Crippen LogP contribution in [-0.4, -0.2) is 80.1 Å². The molecule has 16 nitrogen and oxygen atoms in total. The molecule has 0 saturated carbocycles. The van der Waals surface area contributed by atoms with Crippen LogP contribution in [0.4, 0.5) is 5.69 Å². The number of anilines is 1. The van der Waals surface area contributed by atoms with Crippen LogP contribution in [0.5, 0.6) is 0 Å². The van der Waals surface area contributed by atoms with Gasteiger partial charge in [0.15, 0.2) is 0 Å². The number of carbonyl (C=O) groups excluding carboxylic acids is 3. The molecular weight excluding hydrogens is 713 g/mol. The van der Waals surface area contributed by atoms with Crippen LogP contribution in [0.2, 0.25) is 0 Å². The molecule has 1 aromatic carbocycles. The van der Waals surface area contributed by atoms with E-state index in [1.807, 2.05) is 22.6 Å². The van der Waals surface area contributed by atoms with Gasteiger partial charge < -0.3 is 20.9 Å². The summed E-state index contributed by atoms with van der Waals surface area (Å²) in [6.07, 6.45) is -0.268. The summed E-state index contributed by atoms with van der Waals surface area (Å²) in [5.74, 6) is -1.75. The topological polar surface area (TPSA) is 215 Å². The number of H-pyrrole nitrogens is 1. The summed E-state index contributed by atoms with van der Waals surface area (Å²) in [6, 6.07) is 6.32. The lowest BCUT2D eigenvalue weighted by atomic mass is 10.1. The van der Waals surface area contributed by atoms with Gasteiger partial charge >= 0.3 is 0 Å². The number of benzene rings is 1. The van der Waals surface area contributed by atoms with Gasteiger partial charge in [0.2, 0.25) is 12.3 Å². The van der Waals surface area contributed by atoms with Crippen LogP contribution in [0.1, 0.15) is 38.4 Å². The number of likely N-dealkylation sites (N-methyl/N-ethyl adjacent to an activating group) is 1. The summed E-state index contributed by atoms with van der Waals surface area (Å²) in [4.78, 5) is 68.0. The smallest absolute Gasteiger partial charge is 0.272 e. The lowest BCUT2D eigenvalue weighted by Crippen LogP contribution is -2.48. The number of amides is 3. The summed E-state index contributed by atoms with van der Waals surface area (Å²) in [6.45, 7) is 6.41. The SMILES string of the molecule is CON(C)C(=O)[C@H](CCON=C(N)N(C=O)OC(C)(C)C)NC(=O)Cc1cc(C)[nH]c(=O)c1NS(=O)(=O)c1cccc(I)c1. The molecule has 0 spiro atoms. The lowest BCUT2D eigenvalue weighted by molar-refractivity contribution is -0.185. The van der Waals surface area contributed by atoms with E-state index in [0.29, 0.717) is 20.7 Å². The van der Waals surface area contributed by atoms with Crippen LogP contribution in [0.15, 0.2) is 45.2 Å². The molecule has 0 saturated heterocycles. The summed E-state index contributed by atoms with van der Waals surface area (Å²) in [5, 5.41) is 7.73. The van der Waals surface area contributed by atoms with Crippen LogP contribution >= 0.6 is 22.6 Å². The second-order valence-corrected chi connectivity index (χ2v) is 13.2. The van der Waals surface area contributed by atoms with E-state index in [0.717, 1.165) is 5.06 Å². The fraction of sp³-hybridized carbons (Fsp3) is 0.423. The second kappa shape index (κ2) is 15.8. The van der Waals surface area contributed by atoms with Gasteiger partial charge in [0.1, 0.15) is 18.3 Å². The minimum absolute atomic E-state index is 0.0717. The van der Waals surface area contributed by atoms with Crippen molar-refractivity contribution in [1.82, 2.24) is 20.4 Å². The van der Waals surface area contributed by atoms with Crippen molar-refractivity contribution in [1.29, 1.82) is 0 Å². The van der Waals surface area contributed by atoms with Gasteiger partial charge in [0, 0.05) is 22.7 Å². The number of carbonyl (C=O) groups is 3. The number of nitrogens with two attached hydrogens (primary N) is 1. The molecule has 0 unspecified atom stereocenters. The first-order chi connectivity index (χ1) is 20.5. The molecular formula is C26H36IN7O9S. The highest BCUT2D eigenvalue weighted by Gasteiger charge is 2.26. The number of oxime groups is 1.